The van der Waals surface area contributed by atoms with Gasteiger partial charge in [-0.15, -0.1) is 11.3 Å². The molecule has 0 aliphatic carbocycles. The first-order chi connectivity index (χ1) is 12.9. The Labute approximate surface area is 172 Å². The predicted octanol–water partition coefficient (Wildman–Crippen LogP) is 3.39. The Balaban J connectivity index is 1.48. The van der Waals surface area contributed by atoms with Crippen molar-refractivity contribution in [1.29, 1.82) is 0 Å². The fourth-order valence-electron chi connectivity index (χ4n) is 2.81. The lowest BCUT2D eigenvalue weighted by Crippen LogP contribution is -2.48. The summed E-state index contributed by atoms with van der Waals surface area (Å²) in [7, 11) is -3.41. The van der Waals surface area contributed by atoms with Crippen LogP contribution in [0, 0.1) is 0 Å². The van der Waals surface area contributed by atoms with Gasteiger partial charge in [-0.3, -0.25) is 4.79 Å². The van der Waals surface area contributed by atoms with Crippen LogP contribution >= 0.6 is 34.5 Å². The molecule has 0 saturated carbocycles. The van der Waals surface area contributed by atoms with Gasteiger partial charge in [-0.1, -0.05) is 35.3 Å². The number of nitrogens with zero attached hydrogens (tertiary/aromatic N) is 2. The molecule has 10 heteroatoms. The number of nitrogens with one attached hydrogen (secondary N) is 1. The Hall–Kier alpha value is -1.16. The molecule has 0 radical (unpaired) electrons. The van der Waals surface area contributed by atoms with E-state index in [0.717, 1.165) is 0 Å². The minimum absolute atomic E-state index is 0.182. The molecule has 1 amide bonds. The van der Waals surface area contributed by atoms with Crippen molar-refractivity contribution >= 4 is 56.2 Å². The maximum absolute atomic E-state index is 12.5. The summed E-state index contributed by atoms with van der Waals surface area (Å²) in [6.45, 7) is 2.55. The van der Waals surface area contributed by atoms with Gasteiger partial charge in [-0.2, -0.15) is 4.31 Å². The normalized spacial score (nSPS) is 16.4. The number of para-hydroxylation sites is 1. The van der Waals surface area contributed by atoms with Gasteiger partial charge < -0.3 is 10.2 Å². The highest BCUT2D eigenvalue weighted by atomic mass is 35.5. The van der Waals surface area contributed by atoms with Crippen LogP contribution in [0.2, 0.25) is 10.0 Å². The highest BCUT2D eigenvalue weighted by Gasteiger charge is 2.29. The molecule has 0 bridgehead atoms. The van der Waals surface area contributed by atoms with Gasteiger partial charge in [-0.05, 0) is 23.6 Å². The second kappa shape index (κ2) is 8.89. The highest BCUT2D eigenvalue weighted by Crippen LogP contribution is 2.29. The molecule has 3 rings (SSSR count). The van der Waals surface area contributed by atoms with Crippen molar-refractivity contribution in [3.8, 4) is 0 Å². The quantitative estimate of drug-likeness (QED) is 0.736. The molecule has 146 valence electrons. The summed E-state index contributed by atoms with van der Waals surface area (Å²) >= 11 is 13.3. The van der Waals surface area contributed by atoms with Gasteiger partial charge in [0.2, 0.25) is 5.91 Å². The maximum Gasteiger partial charge on any atom is 0.252 e. The van der Waals surface area contributed by atoms with Crippen molar-refractivity contribution < 1.29 is 13.2 Å². The molecule has 1 fully saturated rings. The average Bonchev–Trinajstić information content (AvgIpc) is 3.19. The molecule has 1 N–H and O–H groups in total. The molecule has 1 aliphatic rings. The van der Waals surface area contributed by atoms with Crippen molar-refractivity contribution in [2.24, 2.45) is 0 Å². The summed E-state index contributed by atoms with van der Waals surface area (Å²) in [6.07, 6.45) is 0.277. The van der Waals surface area contributed by atoms with Crippen molar-refractivity contribution in [1.82, 2.24) is 9.21 Å². The van der Waals surface area contributed by atoms with Crippen LogP contribution in [0.3, 0.4) is 0 Å². The molecule has 0 atom stereocenters. The lowest BCUT2D eigenvalue weighted by Gasteiger charge is -2.33. The Bertz CT molecular complexity index is 876. The number of amides is 1. The lowest BCUT2D eigenvalue weighted by atomic mass is 10.2. The summed E-state index contributed by atoms with van der Waals surface area (Å²) in [5.74, 6) is -0.182. The predicted molar refractivity (Wildman–Crippen MR) is 109 cm³/mol. The molecule has 1 aliphatic heterocycles. The van der Waals surface area contributed by atoms with E-state index in [1.165, 1.54) is 15.6 Å². The van der Waals surface area contributed by atoms with E-state index in [9.17, 15) is 13.2 Å². The number of rotatable bonds is 6. The third-order valence-corrected chi connectivity index (χ3v) is 8.20. The number of benzene rings is 1. The second-order valence-corrected chi connectivity index (χ2v) is 10.00. The SMILES string of the molecule is O=C(CCN1CCN(S(=O)(=O)c2cccs2)CC1)Nc1c(Cl)cccc1Cl. The first-order valence-corrected chi connectivity index (χ1v) is 11.5. The molecule has 1 saturated heterocycles. The summed E-state index contributed by atoms with van der Waals surface area (Å²) < 4.78 is 26.9. The molecular weight excluding hydrogens is 429 g/mol. The molecular formula is C17H19Cl2N3O3S2. The fourth-order valence-corrected chi connectivity index (χ4v) is 5.87. The summed E-state index contributed by atoms with van der Waals surface area (Å²) in [6, 6.07) is 8.39. The third-order valence-electron chi connectivity index (χ3n) is 4.30. The van der Waals surface area contributed by atoms with Gasteiger partial charge in [0.15, 0.2) is 0 Å². The Kier molecular flexibility index (Phi) is 6.78. The molecule has 27 heavy (non-hydrogen) atoms. The van der Waals surface area contributed by atoms with Crippen molar-refractivity contribution in [2.75, 3.05) is 38.0 Å². The van der Waals surface area contributed by atoms with Gasteiger partial charge in [-0.25, -0.2) is 8.42 Å². The number of hydrogen-bond acceptors (Lipinski definition) is 5. The zero-order valence-electron chi connectivity index (χ0n) is 14.4. The topological polar surface area (TPSA) is 69.7 Å². The van der Waals surface area contributed by atoms with Crippen molar-refractivity contribution in [2.45, 2.75) is 10.6 Å². The average molecular weight is 448 g/mol. The first-order valence-electron chi connectivity index (χ1n) is 8.38. The van der Waals surface area contributed by atoms with Crippen LogP contribution in [0.4, 0.5) is 5.69 Å². The number of piperazine rings is 1. The smallest absolute Gasteiger partial charge is 0.252 e. The minimum Gasteiger partial charge on any atom is -0.324 e. The van der Waals surface area contributed by atoms with E-state index in [-0.39, 0.29) is 12.3 Å². The van der Waals surface area contributed by atoms with Crippen molar-refractivity contribution in [3.63, 3.8) is 0 Å². The van der Waals surface area contributed by atoms with Crippen molar-refractivity contribution in [3.05, 3.63) is 45.8 Å². The number of carbonyl (C=O) groups excluding carboxylic acids is 1. The van der Waals surface area contributed by atoms with Crippen LogP contribution in [-0.2, 0) is 14.8 Å². The van der Waals surface area contributed by atoms with Gasteiger partial charge >= 0.3 is 0 Å². The largest absolute Gasteiger partial charge is 0.324 e. The van der Waals surface area contributed by atoms with E-state index < -0.39 is 10.0 Å². The number of hydrogen-bond donors (Lipinski definition) is 1. The number of sulfonamides is 1. The van der Waals surface area contributed by atoms with E-state index in [0.29, 0.717) is 52.7 Å². The Morgan fingerprint density at radius 3 is 2.33 bits per heavy atom. The number of anilines is 1. The van der Waals surface area contributed by atoms with E-state index in [4.69, 9.17) is 23.2 Å². The summed E-state index contributed by atoms with van der Waals surface area (Å²) in [5.41, 5.74) is 0.415. The minimum atomic E-state index is -3.41. The summed E-state index contributed by atoms with van der Waals surface area (Å²) in [5, 5.41) is 5.28. The number of halogens is 2. The van der Waals surface area contributed by atoms with Crippen LogP contribution in [0.1, 0.15) is 6.42 Å². The van der Waals surface area contributed by atoms with Crippen LogP contribution in [-0.4, -0.2) is 56.3 Å². The van der Waals surface area contributed by atoms with Gasteiger partial charge in [0.05, 0.1) is 15.7 Å². The molecule has 6 nitrogen and oxygen atoms in total. The highest BCUT2D eigenvalue weighted by molar-refractivity contribution is 7.91. The molecule has 2 aromatic rings. The molecule has 1 aromatic heterocycles. The second-order valence-electron chi connectivity index (χ2n) is 6.07. The Morgan fingerprint density at radius 2 is 1.74 bits per heavy atom. The molecule has 0 spiro atoms. The number of thiophene rings is 1. The van der Waals surface area contributed by atoms with E-state index >= 15 is 0 Å². The van der Waals surface area contributed by atoms with Crippen LogP contribution in [0.5, 0.6) is 0 Å². The van der Waals surface area contributed by atoms with E-state index in [1.807, 2.05) is 0 Å². The monoisotopic (exact) mass is 447 g/mol. The van der Waals surface area contributed by atoms with Gasteiger partial charge in [0.25, 0.3) is 10.0 Å². The molecule has 1 aromatic carbocycles. The van der Waals surface area contributed by atoms with Gasteiger partial charge in [0.1, 0.15) is 4.21 Å². The Morgan fingerprint density at radius 1 is 1.07 bits per heavy atom. The zero-order valence-corrected chi connectivity index (χ0v) is 17.5. The number of carbonyl (C=O) groups is 1. The molecule has 2 heterocycles. The lowest BCUT2D eigenvalue weighted by molar-refractivity contribution is -0.116. The molecule has 0 unspecified atom stereocenters. The standard InChI is InChI=1S/C17H19Cl2N3O3S2/c18-13-3-1-4-14(19)17(13)20-15(23)6-7-21-8-10-22(11-9-21)27(24,25)16-5-2-12-26-16/h1-5,12H,6-11H2,(H,20,23). The summed E-state index contributed by atoms with van der Waals surface area (Å²) in [4.78, 5) is 14.3. The third kappa shape index (κ3) is 5.01. The maximum atomic E-state index is 12.5. The van der Waals surface area contributed by atoms with E-state index in [1.54, 1.807) is 35.7 Å². The van der Waals surface area contributed by atoms with Crippen LogP contribution in [0.25, 0.3) is 0 Å². The first kappa shape index (κ1) is 20.6. The van der Waals surface area contributed by atoms with Crippen LogP contribution < -0.4 is 5.32 Å². The van der Waals surface area contributed by atoms with Gasteiger partial charge in [0, 0.05) is 39.1 Å². The van der Waals surface area contributed by atoms with Crippen LogP contribution in [0.15, 0.2) is 39.9 Å². The van der Waals surface area contributed by atoms with E-state index in [2.05, 4.69) is 10.2 Å². The fraction of sp³-hybridized carbons (Fsp3) is 0.353. The zero-order chi connectivity index (χ0) is 19.4.